The van der Waals surface area contributed by atoms with E-state index < -0.39 is 17.7 Å². The van der Waals surface area contributed by atoms with Crippen molar-refractivity contribution in [1.29, 1.82) is 0 Å². The number of β-amino-alcohol motifs (C(OH)–C–C–N with tert-alkyl or cyclic N) is 1. The van der Waals surface area contributed by atoms with Gasteiger partial charge in [-0.25, -0.2) is 4.79 Å². The minimum atomic E-state index is -1.12. The third-order valence-electron chi connectivity index (χ3n) is 4.44. The molecule has 0 saturated carbocycles. The Kier molecular flexibility index (Phi) is 5.35. The Balaban J connectivity index is 1.57. The molecule has 0 spiro atoms. The SMILES string of the molecule is CC1(c2ccccc2)NC(=O)N(CC(O)COCc2ccccc2)C1=O. The van der Waals surface area contributed by atoms with Gasteiger partial charge in [0, 0.05) is 0 Å². The van der Waals surface area contributed by atoms with Crippen molar-refractivity contribution in [3.63, 3.8) is 0 Å². The lowest BCUT2D eigenvalue weighted by atomic mass is 9.92. The molecule has 2 unspecified atom stereocenters. The van der Waals surface area contributed by atoms with Crippen LogP contribution >= 0.6 is 0 Å². The van der Waals surface area contributed by atoms with Gasteiger partial charge >= 0.3 is 6.03 Å². The largest absolute Gasteiger partial charge is 0.389 e. The Morgan fingerprint density at radius 2 is 1.69 bits per heavy atom. The summed E-state index contributed by atoms with van der Waals surface area (Å²) < 4.78 is 5.48. The maximum atomic E-state index is 12.8. The molecular weight excluding hydrogens is 332 g/mol. The lowest BCUT2D eigenvalue weighted by Crippen LogP contribution is -2.42. The number of hydrogen-bond acceptors (Lipinski definition) is 4. The van der Waals surface area contributed by atoms with Crippen molar-refractivity contribution in [2.75, 3.05) is 13.2 Å². The van der Waals surface area contributed by atoms with E-state index in [2.05, 4.69) is 5.32 Å². The van der Waals surface area contributed by atoms with Crippen LogP contribution in [0.15, 0.2) is 60.7 Å². The number of amides is 3. The summed E-state index contributed by atoms with van der Waals surface area (Å²) in [5, 5.41) is 12.9. The smallest absolute Gasteiger partial charge is 0.325 e. The van der Waals surface area contributed by atoms with Gasteiger partial charge in [-0.3, -0.25) is 9.69 Å². The molecule has 1 saturated heterocycles. The van der Waals surface area contributed by atoms with Crippen LogP contribution in [0.25, 0.3) is 0 Å². The van der Waals surface area contributed by atoms with Crippen molar-refractivity contribution in [2.45, 2.75) is 25.2 Å². The van der Waals surface area contributed by atoms with Crippen molar-refractivity contribution in [1.82, 2.24) is 10.2 Å². The fourth-order valence-corrected chi connectivity index (χ4v) is 2.98. The van der Waals surface area contributed by atoms with Crippen molar-refractivity contribution in [2.24, 2.45) is 0 Å². The summed E-state index contributed by atoms with van der Waals surface area (Å²) in [5.41, 5.74) is 0.574. The van der Waals surface area contributed by atoms with Gasteiger partial charge in [0.1, 0.15) is 5.54 Å². The Bertz CT molecular complexity index is 766. The van der Waals surface area contributed by atoms with E-state index in [-0.39, 0.29) is 19.1 Å². The number of urea groups is 1. The number of carbonyl (C=O) groups excluding carboxylic acids is 2. The summed E-state index contributed by atoms with van der Waals surface area (Å²) in [6.45, 7) is 1.95. The molecule has 6 heteroatoms. The number of benzene rings is 2. The topological polar surface area (TPSA) is 78.9 Å². The maximum absolute atomic E-state index is 12.8. The summed E-state index contributed by atoms with van der Waals surface area (Å²) in [5.74, 6) is -0.379. The Morgan fingerprint density at radius 3 is 2.35 bits per heavy atom. The number of imide groups is 1. The lowest BCUT2D eigenvalue weighted by Gasteiger charge is -2.23. The van der Waals surface area contributed by atoms with E-state index in [0.29, 0.717) is 12.2 Å². The Morgan fingerprint density at radius 1 is 1.08 bits per heavy atom. The summed E-state index contributed by atoms with van der Waals surface area (Å²) in [4.78, 5) is 26.1. The first-order valence-electron chi connectivity index (χ1n) is 8.50. The van der Waals surface area contributed by atoms with E-state index in [4.69, 9.17) is 4.74 Å². The molecule has 0 radical (unpaired) electrons. The molecule has 2 N–H and O–H groups in total. The number of rotatable bonds is 7. The third kappa shape index (κ3) is 3.76. The van der Waals surface area contributed by atoms with Crippen LogP contribution in [0.2, 0.25) is 0 Å². The van der Waals surface area contributed by atoms with Gasteiger partial charge in [-0.15, -0.1) is 0 Å². The normalized spacial score (nSPS) is 20.9. The van der Waals surface area contributed by atoms with E-state index in [1.54, 1.807) is 19.1 Å². The van der Waals surface area contributed by atoms with Gasteiger partial charge in [0.05, 0.1) is 25.9 Å². The monoisotopic (exact) mass is 354 g/mol. The van der Waals surface area contributed by atoms with Crippen molar-refractivity contribution < 1.29 is 19.4 Å². The zero-order chi connectivity index (χ0) is 18.6. The Labute approximate surface area is 152 Å². The van der Waals surface area contributed by atoms with Crippen LogP contribution in [-0.4, -0.2) is 41.2 Å². The first-order valence-corrected chi connectivity index (χ1v) is 8.50. The summed E-state index contributed by atoms with van der Waals surface area (Å²) in [6, 6.07) is 18.1. The van der Waals surface area contributed by atoms with Crippen LogP contribution in [0.1, 0.15) is 18.1 Å². The summed E-state index contributed by atoms with van der Waals surface area (Å²) in [6.07, 6.45) is -0.952. The van der Waals surface area contributed by atoms with Crippen LogP contribution in [0, 0.1) is 0 Å². The molecule has 1 aliphatic rings. The average molecular weight is 354 g/mol. The average Bonchev–Trinajstić information content (AvgIpc) is 2.87. The highest BCUT2D eigenvalue weighted by atomic mass is 16.5. The molecular formula is C20H22N2O4. The molecule has 2 aromatic rings. The fourth-order valence-electron chi connectivity index (χ4n) is 2.98. The molecule has 6 nitrogen and oxygen atoms in total. The van der Waals surface area contributed by atoms with Crippen LogP contribution in [0.5, 0.6) is 0 Å². The molecule has 0 aromatic heterocycles. The minimum absolute atomic E-state index is 0.0357. The van der Waals surface area contributed by atoms with Gasteiger partial charge in [-0.2, -0.15) is 0 Å². The first kappa shape index (κ1) is 18.1. The van der Waals surface area contributed by atoms with Gasteiger partial charge in [-0.05, 0) is 18.1 Å². The first-order chi connectivity index (χ1) is 12.5. The number of nitrogens with one attached hydrogen (secondary N) is 1. The van der Waals surface area contributed by atoms with E-state index >= 15 is 0 Å². The number of aliphatic hydroxyl groups excluding tert-OH is 1. The fraction of sp³-hybridized carbons (Fsp3) is 0.300. The molecule has 0 bridgehead atoms. The van der Waals surface area contributed by atoms with Crippen LogP contribution in [0.3, 0.4) is 0 Å². The molecule has 1 aliphatic heterocycles. The highest BCUT2D eigenvalue weighted by Gasteiger charge is 2.49. The van der Waals surface area contributed by atoms with Gasteiger partial charge in [0.15, 0.2) is 0 Å². The summed E-state index contributed by atoms with van der Waals surface area (Å²) >= 11 is 0. The molecule has 2 aromatic carbocycles. The molecule has 2 atom stereocenters. The Hall–Kier alpha value is -2.70. The van der Waals surface area contributed by atoms with Crippen molar-refractivity contribution in [3.8, 4) is 0 Å². The quantitative estimate of drug-likeness (QED) is 0.746. The zero-order valence-electron chi connectivity index (χ0n) is 14.6. The number of aliphatic hydroxyl groups is 1. The molecule has 1 fully saturated rings. The number of hydrogen-bond donors (Lipinski definition) is 2. The van der Waals surface area contributed by atoms with Crippen molar-refractivity contribution in [3.05, 3.63) is 71.8 Å². The van der Waals surface area contributed by atoms with Gasteiger partial charge in [-0.1, -0.05) is 60.7 Å². The second kappa shape index (κ2) is 7.68. The standard InChI is InChI=1S/C20H22N2O4/c1-20(16-10-6-3-7-11-16)18(24)22(19(25)21-20)12-17(23)14-26-13-15-8-4-2-5-9-15/h2-11,17,23H,12-14H2,1H3,(H,21,25). The van der Waals surface area contributed by atoms with Gasteiger partial charge < -0.3 is 15.2 Å². The summed E-state index contributed by atoms with van der Waals surface area (Å²) in [7, 11) is 0. The van der Waals surface area contributed by atoms with E-state index in [1.165, 1.54) is 0 Å². The second-order valence-electron chi connectivity index (χ2n) is 6.49. The number of ether oxygens (including phenoxy) is 1. The predicted molar refractivity (Wildman–Crippen MR) is 96.1 cm³/mol. The van der Waals surface area contributed by atoms with E-state index in [1.807, 2.05) is 48.5 Å². The second-order valence-corrected chi connectivity index (χ2v) is 6.49. The molecule has 0 aliphatic carbocycles. The highest BCUT2D eigenvalue weighted by molar-refractivity contribution is 6.07. The van der Waals surface area contributed by atoms with Crippen LogP contribution in [0.4, 0.5) is 4.79 Å². The molecule has 26 heavy (non-hydrogen) atoms. The molecule has 3 amide bonds. The predicted octanol–water partition coefficient (Wildman–Crippen LogP) is 2.03. The maximum Gasteiger partial charge on any atom is 0.325 e. The zero-order valence-corrected chi connectivity index (χ0v) is 14.6. The lowest BCUT2D eigenvalue weighted by molar-refractivity contribution is -0.132. The number of nitrogens with zero attached hydrogens (tertiary/aromatic N) is 1. The number of carbonyl (C=O) groups is 2. The van der Waals surface area contributed by atoms with E-state index in [0.717, 1.165) is 10.5 Å². The highest BCUT2D eigenvalue weighted by Crippen LogP contribution is 2.28. The van der Waals surface area contributed by atoms with Crippen LogP contribution in [-0.2, 0) is 21.7 Å². The van der Waals surface area contributed by atoms with Crippen molar-refractivity contribution >= 4 is 11.9 Å². The van der Waals surface area contributed by atoms with Gasteiger partial charge in [0.25, 0.3) is 5.91 Å². The molecule has 3 rings (SSSR count). The minimum Gasteiger partial charge on any atom is -0.389 e. The van der Waals surface area contributed by atoms with Gasteiger partial charge in [0.2, 0.25) is 0 Å². The molecule has 1 heterocycles. The molecule has 136 valence electrons. The van der Waals surface area contributed by atoms with Crippen LogP contribution < -0.4 is 5.32 Å². The van der Waals surface area contributed by atoms with E-state index in [9.17, 15) is 14.7 Å². The third-order valence-corrected chi connectivity index (χ3v) is 4.44.